The van der Waals surface area contributed by atoms with E-state index in [-0.39, 0.29) is 6.61 Å². The summed E-state index contributed by atoms with van der Waals surface area (Å²) >= 11 is 0. The van der Waals surface area contributed by atoms with Crippen LogP contribution >= 0.6 is 0 Å². The van der Waals surface area contributed by atoms with Crippen molar-refractivity contribution >= 4 is 6.08 Å². The first kappa shape index (κ1) is 13.4. The van der Waals surface area contributed by atoms with Crippen molar-refractivity contribution in [2.45, 2.75) is 12.8 Å². The van der Waals surface area contributed by atoms with Gasteiger partial charge in [0, 0.05) is 6.61 Å². The Labute approximate surface area is 114 Å². The molecule has 0 unspecified atom stereocenters. The summed E-state index contributed by atoms with van der Waals surface area (Å²) in [6, 6.07) is 17.7. The summed E-state index contributed by atoms with van der Waals surface area (Å²) in [5.74, 6) is 1.67. The van der Waals surface area contributed by atoms with Gasteiger partial charge in [-0.15, -0.1) is 0 Å². The number of allylic oxidation sites excluding steroid dienone is 1. The molecule has 0 radical (unpaired) electrons. The van der Waals surface area contributed by atoms with Crippen LogP contribution < -0.4 is 4.74 Å². The lowest BCUT2D eigenvalue weighted by molar-refractivity contribution is 0.290. The molecular formula is C17H18O2. The minimum Gasteiger partial charge on any atom is -0.457 e. The molecular weight excluding hydrogens is 236 g/mol. The topological polar surface area (TPSA) is 29.5 Å². The zero-order chi connectivity index (χ0) is 13.3. The zero-order valence-corrected chi connectivity index (χ0v) is 10.8. The molecule has 0 aliphatic heterocycles. The number of para-hydroxylation sites is 1. The van der Waals surface area contributed by atoms with E-state index in [4.69, 9.17) is 9.84 Å². The Kier molecular flexibility index (Phi) is 5.20. The van der Waals surface area contributed by atoms with E-state index in [0.717, 1.165) is 29.9 Å². The highest BCUT2D eigenvalue weighted by Gasteiger charge is 1.96. The summed E-state index contributed by atoms with van der Waals surface area (Å²) in [5, 5.41) is 8.72. The van der Waals surface area contributed by atoms with E-state index in [1.807, 2.05) is 60.7 Å². The summed E-state index contributed by atoms with van der Waals surface area (Å²) in [7, 11) is 0. The standard InChI is InChI=1S/C17H18O2/c18-13-6-2-3-8-15-9-7-12-17(14-15)19-16-10-4-1-5-11-16/h1,3-5,7-12,14,18H,2,6,13H2. The van der Waals surface area contributed by atoms with Crippen LogP contribution in [0.5, 0.6) is 11.5 Å². The molecule has 0 saturated heterocycles. The summed E-state index contributed by atoms with van der Waals surface area (Å²) in [6.07, 6.45) is 5.81. The summed E-state index contributed by atoms with van der Waals surface area (Å²) in [5.41, 5.74) is 1.10. The van der Waals surface area contributed by atoms with Crippen molar-refractivity contribution in [2.24, 2.45) is 0 Å². The highest BCUT2D eigenvalue weighted by Crippen LogP contribution is 2.22. The van der Waals surface area contributed by atoms with Crippen molar-refractivity contribution in [3.8, 4) is 11.5 Å². The van der Waals surface area contributed by atoms with Gasteiger partial charge in [-0.2, -0.15) is 0 Å². The predicted molar refractivity (Wildman–Crippen MR) is 78.3 cm³/mol. The number of aliphatic hydroxyl groups excluding tert-OH is 1. The van der Waals surface area contributed by atoms with Gasteiger partial charge in [-0.3, -0.25) is 0 Å². The lowest BCUT2D eigenvalue weighted by Gasteiger charge is -2.05. The molecule has 0 fully saturated rings. The van der Waals surface area contributed by atoms with Crippen molar-refractivity contribution in [3.05, 3.63) is 66.2 Å². The summed E-state index contributed by atoms with van der Waals surface area (Å²) in [6.45, 7) is 0.238. The molecule has 2 heteroatoms. The van der Waals surface area contributed by atoms with Crippen molar-refractivity contribution in [3.63, 3.8) is 0 Å². The average molecular weight is 254 g/mol. The largest absolute Gasteiger partial charge is 0.457 e. The van der Waals surface area contributed by atoms with Gasteiger partial charge in [-0.1, -0.05) is 42.5 Å². The average Bonchev–Trinajstić information content (AvgIpc) is 2.45. The van der Waals surface area contributed by atoms with Crippen LogP contribution in [0.1, 0.15) is 18.4 Å². The number of aliphatic hydroxyl groups is 1. The molecule has 2 rings (SSSR count). The molecule has 1 N–H and O–H groups in total. The van der Waals surface area contributed by atoms with E-state index >= 15 is 0 Å². The van der Waals surface area contributed by atoms with Gasteiger partial charge in [0.15, 0.2) is 0 Å². The van der Waals surface area contributed by atoms with Gasteiger partial charge in [0.2, 0.25) is 0 Å². The second-order valence-electron chi connectivity index (χ2n) is 4.26. The second kappa shape index (κ2) is 7.39. The van der Waals surface area contributed by atoms with Gasteiger partial charge in [0.05, 0.1) is 0 Å². The van der Waals surface area contributed by atoms with E-state index < -0.39 is 0 Å². The highest BCUT2D eigenvalue weighted by atomic mass is 16.5. The second-order valence-corrected chi connectivity index (χ2v) is 4.26. The molecule has 0 aliphatic rings. The van der Waals surface area contributed by atoms with Crippen molar-refractivity contribution in [1.82, 2.24) is 0 Å². The molecule has 0 saturated carbocycles. The Bertz CT molecular complexity index is 518. The smallest absolute Gasteiger partial charge is 0.128 e. The van der Waals surface area contributed by atoms with Crippen molar-refractivity contribution in [1.29, 1.82) is 0 Å². The molecule has 0 atom stereocenters. The van der Waals surface area contributed by atoms with Gasteiger partial charge < -0.3 is 9.84 Å². The molecule has 2 aromatic carbocycles. The van der Waals surface area contributed by atoms with E-state index in [1.54, 1.807) is 0 Å². The van der Waals surface area contributed by atoms with Crippen LogP contribution in [0.25, 0.3) is 6.08 Å². The number of hydrogen-bond acceptors (Lipinski definition) is 2. The zero-order valence-electron chi connectivity index (χ0n) is 10.8. The van der Waals surface area contributed by atoms with Gasteiger partial charge in [0.25, 0.3) is 0 Å². The highest BCUT2D eigenvalue weighted by molar-refractivity contribution is 5.52. The fourth-order valence-electron chi connectivity index (χ4n) is 1.73. The van der Waals surface area contributed by atoms with Crippen LogP contribution in [-0.2, 0) is 0 Å². The molecule has 0 spiro atoms. The maximum Gasteiger partial charge on any atom is 0.128 e. The lowest BCUT2D eigenvalue weighted by atomic mass is 10.2. The maximum atomic E-state index is 8.72. The SMILES string of the molecule is OCCCC=Cc1cccc(Oc2ccccc2)c1. The Morgan fingerprint density at radius 1 is 0.947 bits per heavy atom. The van der Waals surface area contributed by atoms with Crippen molar-refractivity contribution < 1.29 is 9.84 Å². The first-order chi connectivity index (χ1) is 9.38. The van der Waals surface area contributed by atoms with E-state index in [9.17, 15) is 0 Å². The van der Waals surface area contributed by atoms with Crippen LogP contribution in [0.2, 0.25) is 0 Å². The minimum absolute atomic E-state index is 0.238. The molecule has 0 amide bonds. The van der Waals surface area contributed by atoms with Crippen LogP contribution in [0.15, 0.2) is 60.7 Å². The number of ether oxygens (including phenoxy) is 1. The first-order valence-electron chi connectivity index (χ1n) is 6.49. The Hall–Kier alpha value is -2.06. The monoisotopic (exact) mass is 254 g/mol. The predicted octanol–water partition coefficient (Wildman–Crippen LogP) is 4.26. The van der Waals surface area contributed by atoms with Gasteiger partial charge in [-0.05, 0) is 42.7 Å². The number of unbranched alkanes of at least 4 members (excludes halogenated alkanes) is 1. The molecule has 2 aromatic rings. The van der Waals surface area contributed by atoms with Gasteiger partial charge >= 0.3 is 0 Å². The molecule has 0 aliphatic carbocycles. The van der Waals surface area contributed by atoms with E-state index in [2.05, 4.69) is 6.08 Å². The van der Waals surface area contributed by atoms with Crippen LogP contribution in [0.4, 0.5) is 0 Å². The number of rotatable bonds is 6. The van der Waals surface area contributed by atoms with E-state index in [0.29, 0.717) is 0 Å². The number of benzene rings is 2. The summed E-state index contributed by atoms with van der Waals surface area (Å²) in [4.78, 5) is 0. The number of hydrogen-bond donors (Lipinski definition) is 1. The minimum atomic E-state index is 0.238. The third-order valence-corrected chi connectivity index (χ3v) is 2.68. The molecule has 0 bridgehead atoms. The Balaban J connectivity index is 2.01. The van der Waals surface area contributed by atoms with Gasteiger partial charge in [-0.25, -0.2) is 0 Å². The van der Waals surface area contributed by atoms with Crippen LogP contribution in [0.3, 0.4) is 0 Å². The quantitative estimate of drug-likeness (QED) is 0.780. The van der Waals surface area contributed by atoms with Crippen LogP contribution in [-0.4, -0.2) is 11.7 Å². The van der Waals surface area contributed by atoms with Gasteiger partial charge in [0.1, 0.15) is 11.5 Å². The van der Waals surface area contributed by atoms with Crippen molar-refractivity contribution in [2.75, 3.05) is 6.61 Å². The molecule has 0 heterocycles. The maximum absolute atomic E-state index is 8.72. The molecule has 19 heavy (non-hydrogen) atoms. The first-order valence-corrected chi connectivity index (χ1v) is 6.49. The third-order valence-electron chi connectivity index (χ3n) is 2.68. The molecule has 98 valence electrons. The lowest BCUT2D eigenvalue weighted by Crippen LogP contribution is -1.84. The summed E-state index contributed by atoms with van der Waals surface area (Å²) < 4.78 is 5.77. The van der Waals surface area contributed by atoms with E-state index in [1.165, 1.54) is 0 Å². The Morgan fingerprint density at radius 2 is 1.74 bits per heavy atom. The third kappa shape index (κ3) is 4.60. The fraction of sp³-hybridized carbons (Fsp3) is 0.176. The Morgan fingerprint density at radius 3 is 2.53 bits per heavy atom. The molecule has 2 nitrogen and oxygen atoms in total. The normalized spacial score (nSPS) is 10.8. The molecule has 0 aromatic heterocycles. The fourth-order valence-corrected chi connectivity index (χ4v) is 1.73. The van der Waals surface area contributed by atoms with Crippen LogP contribution in [0, 0.1) is 0 Å².